The van der Waals surface area contributed by atoms with Crippen molar-refractivity contribution in [3.8, 4) is 17.1 Å². The summed E-state index contributed by atoms with van der Waals surface area (Å²) in [5, 5.41) is 9.50. The molecule has 1 aromatic heterocycles. The highest BCUT2D eigenvalue weighted by molar-refractivity contribution is 7.99. The maximum Gasteiger partial charge on any atom is 0.233 e. The molecule has 0 aliphatic carbocycles. The Morgan fingerprint density at radius 3 is 2.57 bits per heavy atom. The second-order valence-corrected chi connectivity index (χ2v) is 8.02. The van der Waals surface area contributed by atoms with Crippen molar-refractivity contribution < 1.29 is 9.53 Å². The Morgan fingerprint density at radius 2 is 1.87 bits per heavy atom. The Hall–Kier alpha value is -2.80. The molecule has 0 saturated carbocycles. The van der Waals surface area contributed by atoms with Gasteiger partial charge in [0.25, 0.3) is 0 Å². The average molecular weight is 425 g/mol. The molecular weight excluding hydrogens is 396 g/mol. The van der Waals surface area contributed by atoms with Gasteiger partial charge in [0.05, 0.1) is 18.9 Å². The summed E-state index contributed by atoms with van der Waals surface area (Å²) in [6, 6.07) is 15.8. The number of aryl methyl sites for hydroxylation is 1. The largest absolute Gasteiger partial charge is 0.496 e. The topological polar surface area (TPSA) is 60.2 Å². The van der Waals surface area contributed by atoms with E-state index < -0.39 is 0 Å². The number of methoxy groups -OCH3 is 1. The number of thioether (sulfide) groups is 1. The van der Waals surface area contributed by atoms with Crippen LogP contribution in [0.4, 0.5) is 0 Å². The van der Waals surface area contributed by atoms with Crippen LogP contribution in [-0.4, -0.2) is 45.5 Å². The van der Waals surface area contributed by atoms with Crippen LogP contribution in [0.5, 0.6) is 5.75 Å². The van der Waals surface area contributed by atoms with E-state index in [0.29, 0.717) is 5.75 Å². The van der Waals surface area contributed by atoms with E-state index in [4.69, 9.17) is 4.74 Å². The maximum atomic E-state index is 12.9. The van der Waals surface area contributed by atoms with Crippen molar-refractivity contribution in [1.29, 1.82) is 0 Å². The molecule has 0 saturated heterocycles. The summed E-state index contributed by atoms with van der Waals surface area (Å²) in [6.07, 6.45) is 0. The van der Waals surface area contributed by atoms with Crippen molar-refractivity contribution in [2.75, 3.05) is 19.9 Å². The van der Waals surface area contributed by atoms with Crippen LogP contribution in [0.25, 0.3) is 11.4 Å². The number of ether oxygens (including phenoxy) is 1. The number of rotatable bonds is 8. The monoisotopic (exact) mass is 424 g/mol. The van der Waals surface area contributed by atoms with Gasteiger partial charge in [-0.15, -0.1) is 10.2 Å². The SMILES string of the molecule is CCn1c(SCC(=O)N(C)C(C)c2ccccc2OC)nnc1-c1ccccc1C. The molecule has 0 fully saturated rings. The molecule has 0 aliphatic rings. The van der Waals surface area contributed by atoms with Gasteiger partial charge in [0.2, 0.25) is 5.91 Å². The molecule has 0 radical (unpaired) electrons. The van der Waals surface area contributed by atoms with Crippen molar-refractivity contribution in [2.45, 2.75) is 38.5 Å². The van der Waals surface area contributed by atoms with Crippen LogP contribution < -0.4 is 4.74 Å². The second-order valence-electron chi connectivity index (χ2n) is 7.08. The number of hydrogen-bond donors (Lipinski definition) is 0. The van der Waals surface area contributed by atoms with Crippen molar-refractivity contribution in [1.82, 2.24) is 19.7 Å². The molecule has 0 N–H and O–H groups in total. The predicted octanol–water partition coefficient (Wildman–Crippen LogP) is 4.59. The minimum Gasteiger partial charge on any atom is -0.496 e. The Morgan fingerprint density at radius 1 is 1.17 bits per heavy atom. The molecule has 0 spiro atoms. The van der Waals surface area contributed by atoms with Crippen LogP contribution in [0.3, 0.4) is 0 Å². The first-order valence-electron chi connectivity index (χ1n) is 9.98. The fourth-order valence-corrected chi connectivity index (χ4v) is 4.29. The quantitative estimate of drug-likeness (QED) is 0.495. The summed E-state index contributed by atoms with van der Waals surface area (Å²) in [4.78, 5) is 14.6. The maximum absolute atomic E-state index is 12.9. The molecule has 1 atom stereocenters. The van der Waals surface area contributed by atoms with Crippen LogP contribution in [0.15, 0.2) is 53.7 Å². The second kappa shape index (κ2) is 9.80. The van der Waals surface area contributed by atoms with Gasteiger partial charge in [-0.2, -0.15) is 0 Å². The zero-order valence-electron chi connectivity index (χ0n) is 18.1. The van der Waals surface area contributed by atoms with Gasteiger partial charge in [-0.25, -0.2) is 0 Å². The van der Waals surface area contributed by atoms with E-state index in [1.807, 2.05) is 56.4 Å². The highest BCUT2D eigenvalue weighted by Gasteiger charge is 2.22. The van der Waals surface area contributed by atoms with Crippen molar-refractivity contribution in [3.63, 3.8) is 0 Å². The fraction of sp³-hybridized carbons (Fsp3) is 0.348. The van der Waals surface area contributed by atoms with Crippen LogP contribution >= 0.6 is 11.8 Å². The first-order valence-corrected chi connectivity index (χ1v) is 11.0. The Balaban J connectivity index is 1.72. The number of carbonyl (C=O) groups excluding carboxylic acids is 1. The molecule has 2 aromatic carbocycles. The zero-order valence-corrected chi connectivity index (χ0v) is 18.9. The Bertz CT molecular complexity index is 1020. The van der Waals surface area contributed by atoms with E-state index in [2.05, 4.69) is 34.7 Å². The lowest BCUT2D eigenvalue weighted by molar-refractivity contribution is -0.128. The van der Waals surface area contributed by atoms with Gasteiger partial charge < -0.3 is 14.2 Å². The Labute approximate surface area is 182 Å². The lowest BCUT2D eigenvalue weighted by Gasteiger charge is -2.26. The lowest BCUT2D eigenvalue weighted by Crippen LogP contribution is -2.31. The van der Waals surface area contributed by atoms with Crippen LogP contribution in [0.2, 0.25) is 0 Å². The van der Waals surface area contributed by atoms with Gasteiger partial charge >= 0.3 is 0 Å². The molecule has 3 rings (SSSR count). The van der Waals surface area contributed by atoms with Crippen LogP contribution in [0.1, 0.15) is 31.0 Å². The number of aromatic nitrogens is 3. The minimum absolute atomic E-state index is 0.0292. The lowest BCUT2D eigenvalue weighted by atomic mass is 10.1. The smallest absolute Gasteiger partial charge is 0.233 e. The summed E-state index contributed by atoms with van der Waals surface area (Å²) in [5.74, 6) is 1.94. The third-order valence-electron chi connectivity index (χ3n) is 5.31. The van der Waals surface area contributed by atoms with Crippen LogP contribution in [-0.2, 0) is 11.3 Å². The fourth-order valence-electron chi connectivity index (χ4n) is 3.37. The van der Waals surface area contributed by atoms with Gasteiger partial charge in [-0.1, -0.05) is 54.2 Å². The number of para-hydroxylation sites is 1. The summed E-state index contributed by atoms with van der Waals surface area (Å²) in [5.41, 5.74) is 3.20. The zero-order chi connectivity index (χ0) is 21.7. The van der Waals surface area contributed by atoms with E-state index in [9.17, 15) is 4.79 Å². The molecule has 7 heteroatoms. The van der Waals surface area contributed by atoms with Gasteiger partial charge in [-0.05, 0) is 32.4 Å². The summed E-state index contributed by atoms with van der Waals surface area (Å²) in [6.45, 7) is 6.87. The van der Waals surface area contributed by atoms with E-state index in [-0.39, 0.29) is 11.9 Å². The average Bonchev–Trinajstić information content (AvgIpc) is 3.19. The van der Waals surface area contributed by atoms with Crippen LogP contribution in [0, 0.1) is 6.92 Å². The van der Waals surface area contributed by atoms with E-state index in [1.165, 1.54) is 11.8 Å². The molecule has 3 aromatic rings. The molecule has 0 bridgehead atoms. The number of nitrogens with zero attached hydrogens (tertiary/aromatic N) is 4. The third kappa shape index (κ3) is 4.51. The highest BCUT2D eigenvalue weighted by Crippen LogP contribution is 2.30. The standard InChI is InChI=1S/C23H28N4O2S/c1-6-27-22(18-12-8-7-11-16(18)2)24-25-23(27)30-15-21(28)26(4)17(3)19-13-9-10-14-20(19)29-5/h7-14,17H,6,15H2,1-5H3. The molecule has 1 amide bonds. The molecule has 0 aliphatic heterocycles. The third-order valence-corrected chi connectivity index (χ3v) is 6.26. The highest BCUT2D eigenvalue weighted by atomic mass is 32.2. The summed E-state index contributed by atoms with van der Waals surface area (Å²) >= 11 is 1.42. The summed E-state index contributed by atoms with van der Waals surface area (Å²) in [7, 11) is 3.47. The molecule has 1 heterocycles. The van der Waals surface area contributed by atoms with Gasteiger partial charge in [-0.3, -0.25) is 4.79 Å². The summed E-state index contributed by atoms with van der Waals surface area (Å²) < 4.78 is 7.51. The van der Waals surface area contributed by atoms with Gasteiger partial charge in [0, 0.05) is 24.7 Å². The van der Waals surface area contributed by atoms with E-state index in [0.717, 1.165) is 40.0 Å². The van der Waals surface area contributed by atoms with E-state index >= 15 is 0 Å². The van der Waals surface area contributed by atoms with Crippen molar-refractivity contribution in [2.24, 2.45) is 0 Å². The molecule has 158 valence electrons. The molecule has 6 nitrogen and oxygen atoms in total. The van der Waals surface area contributed by atoms with E-state index in [1.54, 1.807) is 12.0 Å². The first kappa shape index (κ1) is 21.9. The normalized spacial score (nSPS) is 11.9. The number of carbonyl (C=O) groups is 1. The number of hydrogen-bond acceptors (Lipinski definition) is 5. The predicted molar refractivity (Wildman–Crippen MR) is 121 cm³/mol. The minimum atomic E-state index is -0.0965. The first-order chi connectivity index (χ1) is 14.5. The Kier molecular flexibility index (Phi) is 7.15. The number of amides is 1. The van der Waals surface area contributed by atoms with Gasteiger partial charge in [0.1, 0.15) is 5.75 Å². The molecular formula is C23H28N4O2S. The number of benzene rings is 2. The van der Waals surface area contributed by atoms with Crippen molar-refractivity contribution in [3.05, 3.63) is 59.7 Å². The molecule has 1 unspecified atom stereocenters. The van der Waals surface area contributed by atoms with Crippen molar-refractivity contribution >= 4 is 17.7 Å². The van der Waals surface area contributed by atoms with Gasteiger partial charge in [0.15, 0.2) is 11.0 Å². The molecule has 30 heavy (non-hydrogen) atoms.